The van der Waals surface area contributed by atoms with E-state index in [1.165, 1.54) is 5.56 Å². The lowest BCUT2D eigenvalue weighted by atomic mass is 10.1. The summed E-state index contributed by atoms with van der Waals surface area (Å²) in [6.45, 7) is 4.71. The van der Waals surface area contributed by atoms with Crippen LogP contribution < -0.4 is 10.1 Å². The van der Waals surface area contributed by atoms with Gasteiger partial charge in [-0.25, -0.2) is 0 Å². The third-order valence-electron chi connectivity index (χ3n) is 4.45. The predicted octanol–water partition coefficient (Wildman–Crippen LogP) is 4.14. The molecule has 0 atom stereocenters. The molecular formula is C23H24N2O4S. The number of nitrogens with zero attached hydrogens (tertiary/aromatic N) is 1. The van der Waals surface area contributed by atoms with Crippen molar-refractivity contribution in [3.8, 4) is 5.75 Å². The zero-order valence-corrected chi connectivity index (χ0v) is 17.8. The third kappa shape index (κ3) is 5.73. The maximum absolute atomic E-state index is 12.5. The molecule has 1 saturated heterocycles. The molecule has 1 N–H and O–H groups in total. The van der Waals surface area contributed by atoms with Crippen molar-refractivity contribution in [3.63, 3.8) is 0 Å². The van der Waals surface area contributed by atoms with E-state index in [2.05, 4.69) is 5.32 Å². The van der Waals surface area contributed by atoms with Crippen LogP contribution in [0.5, 0.6) is 5.75 Å². The summed E-state index contributed by atoms with van der Waals surface area (Å²) in [5.41, 5.74) is 3.06. The Kier molecular flexibility index (Phi) is 7.30. The summed E-state index contributed by atoms with van der Waals surface area (Å²) in [5.74, 6) is -0.0692. The standard InChI is InChI=1S/C23H24N2O4S/c1-3-12-24-21(26)14-25-22(27)20(30-23(25)28)13-17-8-10-19(11-9-17)29-15-18-6-4-16(2)5-7-18/h4-11,13H,3,12,14-15H2,1-2H3,(H,24,26)/b20-13-. The van der Waals surface area contributed by atoms with E-state index >= 15 is 0 Å². The topological polar surface area (TPSA) is 75.7 Å². The van der Waals surface area contributed by atoms with Gasteiger partial charge in [-0.15, -0.1) is 0 Å². The highest BCUT2D eigenvalue weighted by atomic mass is 32.2. The first-order chi connectivity index (χ1) is 14.5. The van der Waals surface area contributed by atoms with Crippen molar-refractivity contribution >= 4 is 34.9 Å². The Hall–Kier alpha value is -3.06. The zero-order chi connectivity index (χ0) is 21.5. The second-order valence-electron chi connectivity index (χ2n) is 6.96. The number of imide groups is 1. The lowest BCUT2D eigenvalue weighted by Gasteiger charge is -2.11. The van der Waals surface area contributed by atoms with Gasteiger partial charge in [0.1, 0.15) is 18.9 Å². The fourth-order valence-electron chi connectivity index (χ4n) is 2.76. The van der Waals surface area contributed by atoms with E-state index in [0.717, 1.165) is 34.2 Å². The van der Waals surface area contributed by atoms with Gasteiger partial charge in [0, 0.05) is 6.54 Å². The highest BCUT2D eigenvalue weighted by Crippen LogP contribution is 2.32. The van der Waals surface area contributed by atoms with Crippen LogP contribution in [0.2, 0.25) is 0 Å². The Balaban J connectivity index is 1.59. The molecule has 0 saturated carbocycles. The molecule has 1 aliphatic rings. The summed E-state index contributed by atoms with van der Waals surface area (Å²) >= 11 is 0.843. The fourth-order valence-corrected chi connectivity index (χ4v) is 3.60. The molecule has 7 heteroatoms. The van der Waals surface area contributed by atoms with Gasteiger partial charge in [0.25, 0.3) is 11.1 Å². The number of nitrogens with one attached hydrogen (secondary N) is 1. The van der Waals surface area contributed by atoms with Crippen LogP contribution >= 0.6 is 11.8 Å². The minimum absolute atomic E-state index is 0.256. The summed E-state index contributed by atoms with van der Waals surface area (Å²) in [4.78, 5) is 37.7. The Labute approximate surface area is 180 Å². The summed E-state index contributed by atoms with van der Waals surface area (Å²) in [6, 6.07) is 15.4. The van der Waals surface area contributed by atoms with Crippen LogP contribution in [0.3, 0.4) is 0 Å². The van der Waals surface area contributed by atoms with Gasteiger partial charge < -0.3 is 10.1 Å². The Morgan fingerprint density at radius 3 is 2.47 bits per heavy atom. The van der Waals surface area contributed by atoms with Crippen LogP contribution in [0, 0.1) is 6.92 Å². The summed E-state index contributed by atoms with van der Waals surface area (Å²) in [5, 5.41) is 2.24. The number of aryl methyl sites for hydroxylation is 1. The number of amides is 3. The zero-order valence-electron chi connectivity index (χ0n) is 17.0. The molecular weight excluding hydrogens is 400 g/mol. The van der Waals surface area contributed by atoms with Gasteiger partial charge >= 0.3 is 0 Å². The SMILES string of the molecule is CCCNC(=O)CN1C(=O)S/C(=C\c2ccc(OCc3ccc(C)cc3)cc2)C1=O. The van der Waals surface area contributed by atoms with Crippen LogP contribution in [0.4, 0.5) is 4.79 Å². The molecule has 0 unspecified atom stereocenters. The summed E-state index contributed by atoms with van der Waals surface area (Å²) in [7, 11) is 0. The number of rotatable bonds is 8. The molecule has 1 aliphatic heterocycles. The lowest BCUT2D eigenvalue weighted by Crippen LogP contribution is -2.39. The second-order valence-corrected chi connectivity index (χ2v) is 7.95. The molecule has 1 fully saturated rings. The minimum atomic E-state index is -0.448. The fraction of sp³-hybridized carbons (Fsp3) is 0.261. The molecule has 1 heterocycles. The Bertz CT molecular complexity index is 952. The molecule has 30 heavy (non-hydrogen) atoms. The monoisotopic (exact) mass is 424 g/mol. The maximum atomic E-state index is 12.5. The van der Waals surface area contributed by atoms with Crippen LogP contribution in [-0.4, -0.2) is 35.0 Å². The summed E-state index contributed by atoms with van der Waals surface area (Å²) in [6.07, 6.45) is 2.44. The maximum Gasteiger partial charge on any atom is 0.294 e. The number of benzene rings is 2. The largest absolute Gasteiger partial charge is 0.489 e. The first-order valence-corrected chi connectivity index (χ1v) is 10.6. The summed E-state index contributed by atoms with van der Waals surface area (Å²) < 4.78 is 5.79. The lowest BCUT2D eigenvalue weighted by molar-refractivity contribution is -0.129. The number of thioether (sulfide) groups is 1. The van der Waals surface area contributed by atoms with Crippen molar-refractivity contribution in [1.29, 1.82) is 0 Å². The quantitative estimate of drug-likeness (QED) is 0.645. The first kappa shape index (κ1) is 21.6. The van der Waals surface area contributed by atoms with E-state index < -0.39 is 11.1 Å². The number of carbonyl (C=O) groups is 3. The van der Waals surface area contributed by atoms with E-state index in [4.69, 9.17) is 4.74 Å². The predicted molar refractivity (Wildman–Crippen MR) is 118 cm³/mol. The second kappa shape index (κ2) is 10.1. The Morgan fingerprint density at radius 2 is 1.80 bits per heavy atom. The van der Waals surface area contributed by atoms with Gasteiger partial charge in [-0.2, -0.15) is 0 Å². The number of hydrogen-bond acceptors (Lipinski definition) is 5. The average molecular weight is 425 g/mol. The molecule has 0 spiro atoms. The van der Waals surface area contributed by atoms with E-state index in [1.807, 2.05) is 62.4 Å². The molecule has 2 aromatic rings. The van der Waals surface area contributed by atoms with Crippen LogP contribution in [-0.2, 0) is 16.2 Å². The molecule has 3 rings (SSSR count). The highest BCUT2D eigenvalue weighted by Gasteiger charge is 2.36. The van der Waals surface area contributed by atoms with Crippen molar-refractivity contribution in [3.05, 3.63) is 70.1 Å². The van der Waals surface area contributed by atoms with Crippen molar-refractivity contribution in [2.75, 3.05) is 13.1 Å². The van der Waals surface area contributed by atoms with E-state index in [1.54, 1.807) is 6.08 Å². The molecule has 0 radical (unpaired) electrons. The van der Waals surface area contributed by atoms with E-state index in [9.17, 15) is 14.4 Å². The van der Waals surface area contributed by atoms with Gasteiger partial charge in [-0.1, -0.05) is 48.9 Å². The normalized spacial score (nSPS) is 15.0. The molecule has 156 valence electrons. The first-order valence-electron chi connectivity index (χ1n) is 9.76. The molecule has 0 bridgehead atoms. The van der Waals surface area contributed by atoms with Gasteiger partial charge in [0.2, 0.25) is 5.91 Å². The van der Waals surface area contributed by atoms with Gasteiger partial charge in [0.15, 0.2) is 0 Å². The van der Waals surface area contributed by atoms with Gasteiger partial charge in [-0.3, -0.25) is 19.3 Å². The minimum Gasteiger partial charge on any atom is -0.489 e. The number of hydrogen-bond donors (Lipinski definition) is 1. The third-order valence-corrected chi connectivity index (χ3v) is 5.36. The van der Waals surface area contributed by atoms with Crippen molar-refractivity contribution in [2.45, 2.75) is 26.9 Å². The average Bonchev–Trinajstić information content (AvgIpc) is 3.00. The van der Waals surface area contributed by atoms with Gasteiger partial charge in [0.05, 0.1) is 4.91 Å². The van der Waals surface area contributed by atoms with E-state index in [0.29, 0.717) is 23.8 Å². The van der Waals surface area contributed by atoms with Crippen LogP contribution in [0.25, 0.3) is 6.08 Å². The van der Waals surface area contributed by atoms with Crippen LogP contribution in [0.15, 0.2) is 53.4 Å². The van der Waals surface area contributed by atoms with Gasteiger partial charge in [-0.05, 0) is 54.4 Å². The number of ether oxygens (including phenoxy) is 1. The molecule has 3 amide bonds. The smallest absolute Gasteiger partial charge is 0.294 e. The van der Waals surface area contributed by atoms with E-state index in [-0.39, 0.29) is 12.5 Å². The molecule has 2 aromatic carbocycles. The van der Waals surface area contributed by atoms with Crippen molar-refractivity contribution < 1.29 is 19.1 Å². The molecule has 0 aliphatic carbocycles. The molecule has 0 aromatic heterocycles. The number of carbonyl (C=O) groups excluding carboxylic acids is 3. The highest BCUT2D eigenvalue weighted by molar-refractivity contribution is 8.18. The Morgan fingerprint density at radius 1 is 1.10 bits per heavy atom. The van der Waals surface area contributed by atoms with Crippen molar-refractivity contribution in [2.24, 2.45) is 0 Å². The van der Waals surface area contributed by atoms with Crippen molar-refractivity contribution in [1.82, 2.24) is 10.2 Å². The molecule has 6 nitrogen and oxygen atoms in total. The van der Waals surface area contributed by atoms with Crippen LogP contribution in [0.1, 0.15) is 30.0 Å².